The van der Waals surface area contributed by atoms with E-state index in [-0.39, 0.29) is 40.4 Å². The van der Waals surface area contributed by atoms with Gasteiger partial charge in [0, 0.05) is 6.54 Å². The van der Waals surface area contributed by atoms with Crippen LogP contribution in [0.4, 0.5) is 0 Å². The van der Waals surface area contributed by atoms with Crippen LogP contribution in [0.15, 0.2) is 41.3 Å². The summed E-state index contributed by atoms with van der Waals surface area (Å²) in [7, 11) is -3.75. The first kappa shape index (κ1) is 23.1. The third-order valence-electron chi connectivity index (χ3n) is 5.82. The van der Waals surface area contributed by atoms with Crippen molar-refractivity contribution >= 4 is 27.7 Å². The minimum atomic E-state index is -3.75. The molecule has 1 aromatic rings. The first-order valence-electron chi connectivity index (χ1n) is 10.5. The second-order valence-electron chi connectivity index (χ2n) is 8.58. The van der Waals surface area contributed by atoms with Gasteiger partial charge in [-0.2, -0.15) is 0 Å². The Hall–Kier alpha value is -2.52. The number of hydrogen-bond acceptors (Lipinski definition) is 5. The number of primary sulfonamides is 1. The Kier molecular flexibility index (Phi) is 6.96. The van der Waals surface area contributed by atoms with Crippen molar-refractivity contribution in [2.45, 2.75) is 50.5 Å². The number of allylic oxidation sites excluding steroid dienone is 2. The molecule has 0 bridgehead atoms. The maximum Gasteiger partial charge on any atom is 0.243 e. The molecule has 168 valence electrons. The van der Waals surface area contributed by atoms with Crippen LogP contribution >= 0.6 is 0 Å². The number of amides is 3. The van der Waals surface area contributed by atoms with Crippen LogP contribution in [0.5, 0.6) is 0 Å². The lowest BCUT2D eigenvalue weighted by molar-refractivity contribution is -0.148. The van der Waals surface area contributed by atoms with Gasteiger partial charge in [0.15, 0.2) is 0 Å². The number of likely N-dealkylation sites (tertiary alicyclic amines) is 1. The number of imide groups is 1. The van der Waals surface area contributed by atoms with E-state index in [1.165, 1.54) is 17.0 Å². The monoisotopic (exact) mass is 447 g/mol. The summed E-state index contributed by atoms with van der Waals surface area (Å²) in [5, 5.41) is 7.93. The summed E-state index contributed by atoms with van der Waals surface area (Å²) in [4.78, 5) is 40.0. The number of carbonyl (C=O) groups is 3. The topological polar surface area (TPSA) is 127 Å². The second-order valence-corrected chi connectivity index (χ2v) is 10.1. The zero-order valence-corrected chi connectivity index (χ0v) is 18.6. The third-order valence-corrected chi connectivity index (χ3v) is 6.74. The van der Waals surface area contributed by atoms with Gasteiger partial charge in [-0.3, -0.25) is 19.3 Å². The van der Waals surface area contributed by atoms with Gasteiger partial charge in [0.2, 0.25) is 27.7 Å². The molecule has 9 heteroatoms. The van der Waals surface area contributed by atoms with Crippen molar-refractivity contribution in [3.05, 3.63) is 42.0 Å². The first-order chi connectivity index (χ1) is 14.6. The van der Waals surface area contributed by atoms with Crippen LogP contribution in [0.1, 0.15) is 38.7 Å². The van der Waals surface area contributed by atoms with E-state index < -0.39 is 16.1 Å². The summed E-state index contributed by atoms with van der Waals surface area (Å²) in [5.41, 5.74) is 0.832. The number of nitrogens with zero attached hydrogens (tertiary/aromatic N) is 1. The molecule has 1 saturated heterocycles. The molecule has 1 heterocycles. The first-order valence-corrected chi connectivity index (χ1v) is 12.1. The molecule has 3 unspecified atom stereocenters. The summed E-state index contributed by atoms with van der Waals surface area (Å²) in [6.07, 6.45) is 5.80. The minimum absolute atomic E-state index is 0.0271. The van der Waals surface area contributed by atoms with Crippen LogP contribution in [-0.2, 0) is 30.8 Å². The van der Waals surface area contributed by atoms with Crippen LogP contribution in [-0.4, -0.2) is 43.6 Å². The SMILES string of the molecule is CC(C)CC(C(=O)NCCc1ccc(S(N)(=O)=O)cc1)N1C(=O)C2CC=CCC2C1=O. The standard InChI is InChI=1S/C22H29N3O5S/c1-14(2)13-19(25-21(27)17-5-3-4-6-18(17)22(25)28)20(26)24-12-11-15-7-9-16(10-8-15)31(23,29)30/h3-4,7-10,14,17-19H,5-6,11-13H2,1-2H3,(H,24,26)(H2,23,29,30). The average Bonchev–Trinajstić information content (AvgIpc) is 2.96. The zero-order chi connectivity index (χ0) is 22.8. The van der Waals surface area contributed by atoms with Crippen LogP contribution in [0.25, 0.3) is 0 Å². The van der Waals surface area contributed by atoms with Gasteiger partial charge in [0.1, 0.15) is 6.04 Å². The number of sulfonamides is 1. The maximum atomic E-state index is 13.0. The van der Waals surface area contributed by atoms with Gasteiger partial charge in [-0.05, 0) is 49.3 Å². The number of nitrogens with one attached hydrogen (secondary N) is 1. The minimum Gasteiger partial charge on any atom is -0.354 e. The van der Waals surface area contributed by atoms with Gasteiger partial charge in [0.25, 0.3) is 0 Å². The molecule has 3 atom stereocenters. The van der Waals surface area contributed by atoms with E-state index in [1.807, 2.05) is 26.0 Å². The number of carbonyl (C=O) groups excluding carboxylic acids is 3. The van der Waals surface area contributed by atoms with Gasteiger partial charge in [0.05, 0.1) is 16.7 Å². The maximum absolute atomic E-state index is 13.0. The molecule has 0 saturated carbocycles. The Labute approximate surface area is 182 Å². The Bertz CT molecular complexity index is 959. The van der Waals surface area contributed by atoms with Crippen molar-refractivity contribution < 1.29 is 22.8 Å². The molecule has 3 N–H and O–H groups in total. The molecule has 0 radical (unpaired) electrons. The molecule has 8 nitrogen and oxygen atoms in total. The molecule has 0 spiro atoms. The number of hydrogen-bond donors (Lipinski definition) is 2. The number of fused-ring (bicyclic) bond motifs is 1. The van der Waals surface area contributed by atoms with Gasteiger partial charge >= 0.3 is 0 Å². The van der Waals surface area contributed by atoms with Crippen LogP contribution in [0.2, 0.25) is 0 Å². The molecule has 1 aromatic carbocycles. The van der Waals surface area contributed by atoms with E-state index in [9.17, 15) is 22.8 Å². The Morgan fingerprint density at radius 3 is 2.13 bits per heavy atom. The van der Waals surface area contributed by atoms with Crippen LogP contribution < -0.4 is 10.5 Å². The molecule has 0 aromatic heterocycles. The smallest absolute Gasteiger partial charge is 0.243 e. The molecular weight excluding hydrogens is 418 g/mol. The molecule has 3 amide bonds. The molecular formula is C22H29N3O5S. The van der Waals surface area contributed by atoms with Gasteiger partial charge < -0.3 is 5.32 Å². The fourth-order valence-electron chi connectivity index (χ4n) is 4.20. The average molecular weight is 448 g/mol. The highest BCUT2D eigenvalue weighted by atomic mass is 32.2. The normalized spacial score (nSPS) is 22.0. The number of nitrogens with two attached hydrogens (primary N) is 1. The highest BCUT2D eigenvalue weighted by Gasteiger charge is 2.51. The van der Waals surface area contributed by atoms with Crippen molar-refractivity contribution in [2.24, 2.45) is 22.9 Å². The lowest BCUT2D eigenvalue weighted by Crippen LogP contribution is -2.51. The van der Waals surface area contributed by atoms with Crippen molar-refractivity contribution in [1.82, 2.24) is 10.2 Å². The molecule has 1 aliphatic heterocycles. The van der Waals surface area contributed by atoms with E-state index in [0.29, 0.717) is 32.2 Å². The van der Waals surface area contributed by atoms with E-state index in [0.717, 1.165) is 5.56 Å². The lowest BCUT2D eigenvalue weighted by Gasteiger charge is -2.27. The van der Waals surface area contributed by atoms with Crippen LogP contribution in [0.3, 0.4) is 0 Å². The summed E-state index contributed by atoms with van der Waals surface area (Å²) in [6, 6.07) is 5.30. The largest absolute Gasteiger partial charge is 0.354 e. The van der Waals surface area contributed by atoms with E-state index in [1.54, 1.807) is 12.1 Å². The van der Waals surface area contributed by atoms with E-state index in [4.69, 9.17) is 5.14 Å². The fraction of sp³-hybridized carbons (Fsp3) is 0.500. The summed E-state index contributed by atoms with van der Waals surface area (Å²) >= 11 is 0. The fourth-order valence-corrected chi connectivity index (χ4v) is 4.72. The van der Waals surface area contributed by atoms with Crippen molar-refractivity contribution in [2.75, 3.05) is 6.54 Å². The number of benzene rings is 1. The Morgan fingerprint density at radius 1 is 1.10 bits per heavy atom. The molecule has 1 aliphatic carbocycles. The summed E-state index contributed by atoms with van der Waals surface area (Å²) in [6.45, 7) is 4.20. The zero-order valence-electron chi connectivity index (χ0n) is 17.8. The molecule has 1 fully saturated rings. The molecule has 3 rings (SSSR count). The lowest BCUT2D eigenvalue weighted by atomic mass is 9.85. The predicted octanol–water partition coefficient (Wildman–Crippen LogP) is 1.36. The summed E-state index contributed by atoms with van der Waals surface area (Å²) < 4.78 is 22.7. The highest BCUT2D eigenvalue weighted by molar-refractivity contribution is 7.89. The van der Waals surface area contributed by atoms with Gasteiger partial charge in [-0.25, -0.2) is 13.6 Å². The van der Waals surface area contributed by atoms with Gasteiger partial charge in [-0.1, -0.05) is 38.1 Å². The Balaban J connectivity index is 1.65. The van der Waals surface area contributed by atoms with E-state index in [2.05, 4.69) is 5.32 Å². The summed E-state index contributed by atoms with van der Waals surface area (Å²) in [5.74, 6) is -1.45. The van der Waals surface area contributed by atoms with Crippen molar-refractivity contribution in [3.63, 3.8) is 0 Å². The molecule has 2 aliphatic rings. The van der Waals surface area contributed by atoms with Crippen LogP contribution in [0, 0.1) is 17.8 Å². The predicted molar refractivity (Wildman–Crippen MR) is 115 cm³/mol. The third kappa shape index (κ3) is 5.22. The van der Waals surface area contributed by atoms with E-state index >= 15 is 0 Å². The van der Waals surface area contributed by atoms with Crippen molar-refractivity contribution in [3.8, 4) is 0 Å². The number of rotatable bonds is 8. The van der Waals surface area contributed by atoms with Crippen molar-refractivity contribution in [1.29, 1.82) is 0 Å². The quantitative estimate of drug-likeness (QED) is 0.460. The molecule has 31 heavy (non-hydrogen) atoms. The van der Waals surface area contributed by atoms with Gasteiger partial charge in [-0.15, -0.1) is 0 Å². The highest BCUT2D eigenvalue weighted by Crippen LogP contribution is 2.37. The Morgan fingerprint density at radius 2 is 1.65 bits per heavy atom. The second kappa shape index (κ2) is 9.32.